The summed E-state index contributed by atoms with van der Waals surface area (Å²) in [6.45, 7) is 0.571. The van der Waals surface area contributed by atoms with Gasteiger partial charge >= 0.3 is 0 Å². The van der Waals surface area contributed by atoms with Crippen LogP contribution >= 0.6 is 11.3 Å². The predicted molar refractivity (Wildman–Crippen MR) is 83.7 cm³/mol. The third-order valence-electron chi connectivity index (χ3n) is 2.97. The van der Waals surface area contributed by atoms with Gasteiger partial charge < -0.3 is 5.32 Å². The summed E-state index contributed by atoms with van der Waals surface area (Å²) in [6, 6.07) is 11.5. The molecule has 0 fully saturated rings. The number of nitrogens with one attached hydrogen (secondary N) is 2. The monoisotopic (exact) mass is 296 g/mol. The second-order valence-corrected chi connectivity index (χ2v) is 5.24. The van der Waals surface area contributed by atoms with Crippen molar-refractivity contribution in [2.24, 2.45) is 5.84 Å². The zero-order valence-electron chi connectivity index (χ0n) is 11.0. The Bertz CT molecular complexity index is 820. The van der Waals surface area contributed by atoms with Gasteiger partial charge in [0, 0.05) is 6.54 Å². The number of nitrogen functional groups attached to an aromatic ring is 1. The zero-order chi connectivity index (χ0) is 14.7. The lowest BCUT2D eigenvalue weighted by molar-refractivity contribution is 1.09. The van der Waals surface area contributed by atoms with Gasteiger partial charge in [-0.05, 0) is 29.1 Å². The Morgan fingerprint density at radius 2 is 2.19 bits per heavy atom. The molecule has 3 rings (SSSR count). The Labute approximate surface area is 125 Å². The molecule has 0 amide bonds. The van der Waals surface area contributed by atoms with Crippen LogP contribution in [0.25, 0.3) is 10.2 Å². The number of nitriles is 1. The first-order valence-corrected chi connectivity index (χ1v) is 7.13. The number of benzene rings is 1. The molecule has 0 unspecified atom stereocenters. The third kappa shape index (κ3) is 2.76. The maximum atomic E-state index is 8.92. The molecule has 0 spiro atoms. The highest BCUT2D eigenvalue weighted by molar-refractivity contribution is 7.16. The van der Waals surface area contributed by atoms with Crippen molar-refractivity contribution in [1.82, 2.24) is 9.97 Å². The Morgan fingerprint density at radius 3 is 3.00 bits per heavy atom. The van der Waals surface area contributed by atoms with Gasteiger partial charge in [-0.15, -0.1) is 11.3 Å². The average Bonchev–Trinajstić information content (AvgIpc) is 3.01. The van der Waals surface area contributed by atoms with Crippen LogP contribution in [-0.4, -0.2) is 9.97 Å². The van der Waals surface area contributed by atoms with Gasteiger partial charge in [0.2, 0.25) is 5.95 Å². The molecule has 1 aromatic carbocycles. The maximum Gasteiger partial charge on any atom is 0.240 e. The standard InChI is InChI=1S/C14H12N6S/c15-7-9-2-1-3-10(6-9)8-17-12-11-4-5-21-13(11)19-14(18-12)20-16/h1-6H,8,16H2,(H2,17,18,19,20). The molecular weight excluding hydrogens is 284 g/mol. The molecule has 0 bridgehead atoms. The molecule has 6 nitrogen and oxygen atoms in total. The highest BCUT2D eigenvalue weighted by Gasteiger charge is 2.08. The summed E-state index contributed by atoms with van der Waals surface area (Å²) < 4.78 is 0. The van der Waals surface area contributed by atoms with Crippen LogP contribution in [0.15, 0.2) is 35.7 Å². The molecule has 0 aliphatic heterocycles. The summed E-state index contributed by atoms with van der Waals surface area (Å²) in [5.41, 5.74) is 4.12. The molecule has 21 heavy (non-hydrogen) atoms. The predicted octanol–water partition coefficient (Wildman–Crippen LogP) is 2.46. The van der Waals surface area contributed by atoms with Crippen molar-refractivity contribution in [2.45, 2.75) is 6.54 Å². The van der Waals surface area contributed by atoms with Crippen molar-refractivity contribution in [3.63, 3.8) is 0 Å². The molecular formula is C14H12N6S. The lowest BCUT2D eigenvalue weighted by Gasteiger charge is -2.08. The molecule has 0 aliphatic carbocycles. The number of anilines is 2. The molecule has 0 radical (unpaired) electrons. The SMILES string of the molecule is N#Cc1cccc(CNc2nc(NN)nc3sccc23)c1. The lowest BCUT2D eigenvalue weighted by Crippen LogP contribution is -2.12. The number of aromatic nitrogens is 2. The minimum absolute atomic E-state index is 0.373. The zero-order valence-corrected chi connectivity index (χ0v) is 11.8. The van der Waals surface area contributed by atoms with Crippen molar-refractivity contribution in [1.29, 1.82) is 5.26 Å². The summed E-state index contributed by atoms with van der Waals surface area (Å²) >= 11 is 1.53. The molecule has 3 aromatic rings. The van der Waals surface area contributed by atoms with Crippen LogP contribution in [0, 0.1) is 11.3 Å². The highest BCUT2D eigenvalue weighted by Crippen LogP contribution is 2.26. The summed E-state index contributed by atoms with van der Waals surface area (Å²) in [7, 11) is 0. The Hall–Kier alpha value is -2.69. The van der Waals surface area contributed by atoms with E-state index in [-0.39, 0.29) is 0 Å². The fraction of sp³-hybridized carbons (Fsp3) is 0.0714. The van der Waals surface area contributed by atoms with Gasteiger partial charge in [0.15, 0.2) is 0 Å². The minimum atomic E-state index is 0.373. The van der Waals surface area contributed by atoms with Crippen molar-refractivity contribution in [2.75, 3.05) is 10.7 Å². The van der Waals surface area contributed by atoms with Crippen LogP contribution < -0.4 is 16.6 Å². The van der Waals surface area contributed by atoms with Gasteiger partial charge in [-0.2, -0.15) is 10.2 Å². The van der Waals surface area contributed by atoms with Crippen LogP contribution in [0.1, 0.15) is 11.1 Å². The van der Waals surface area contributed by atoms with E-state index in [1.165, 1.54) is 11.3 Å². The normalized spacial score (nSPS) is 10.3. The summed E-state index contributed by atoms with van der Waals surface area (Å²) in [6.07, 6.45) is 0. The Morgan fingerprint density at radius 1 is 1.29 bits per heavy atom. The number of nitrogens with zero attached hydrogens (tertiary/aromatic N) is 3. The van der Waals surface area contributed by atoms with E-state index < -0.39 is 0 Å². The van der Waals surface area contributed by atoms with Gasteiger partial charge in [-0.25, -0.2) is 10.8 Å². The molecule has 104 valence electrons. The van der Waals surface area contributed by atoms with Crippen LogP contribution in [0.2, 0.25) is 0 Å². The third-order valence-corrected chi connectivity index (χ3v) is 3.78. The average molecular weight is 296 g/mol. The van der Waals surface area contributed by atoms with Crippen LogP contribution in [0.5, 0.6) is 0 Å². The Balaban J connectivity index is 1.87. The Kier molecular flexibility index (Phi) is 3.64. The fourth-order valence-electron chi connectivity index (χ4n) is 1.99. The number of nitrogens with two attached hydrogens (primary N) is 1. The van der Waals surface area contributed by atoms with E-state index in [0.717, 1.165) is 21.6 Å². The number of hydrazine groups is 1. The summed E-state index contributed by atoms with van der Waals surface area (Å²) in [5, 5.41) is 15.1. The molecule has 7 heteroatoms. The van der Waals surface area contributed by atoms with Crippen molar-refractivity contribution >= 4 is 33.3 Å². The van der Waals surface area contributed by atoms with Crippen molar-refractivity contribution in [3.8, 4) is 6.07 Å². The number of rotatable bonds is 4. The van der Waals surface area contributed by atoms with Crippen molar-refractivity contribution in [3.05, 3.63) is 46.8 Å². The van der Waals surface area contributed by atoms with Crippen LogP contribution in [-0.2, 0) is 6.54 Å². The topological polar surface area (TPSA) is 99.7 Å². The summed E-state index contributed by atoms with van der Waals surface area (Å²) in [5.74, 6) is 6.48. The van der Waals surface area contributed by atoms with Gasteiger partial charge in [-0.3, -0.25) is 5.43 Å². The molecule has 2 heterocycles. The fourth-order valence-corrected chi connectivity index (χ4v) is 2.76. The molecule has 2 aromatic heterocycles. The van der Waals surface area contributed by atoms with Crippen LogP contribution in [0.3, 0.4) is 0 Å². The smallest absolute Gasteiger partial charge is 0.240 e. The maximum absolute atomic E-state index is 8.92. The second-order valence-electron chi connectivity index (χ2n) is 4.35. The van der Waals surface area contributed by atoms with E-state index >= 15 is 0 Å². The number of thiophene rings is 1. The number of fused-ring (bicyclic) bond motifs is 1. The van der Waals surface area contributed by atoms with Gasteiger partial charge in [0.1, 0.15) is 10.6 Å². The number of hydrogen-bond donors (Lipinski definition) is 3. The molecule has 0 atom stereocenters. The quantitative estimate of drug-likeness (QED) is 0.505. The second kappa shape index (κ2) is 5.75. The number of hydrogen-bond acceptors (Lipinski definition) is 7. The lowest BCUT2D eigenvalue weighted by atomic mass is 10.1. The van der Waals surface area contributed by atoms with E-state index in [9.17, 15) is 0 Å². The van der Waals surface area contributed by atoms with E-state index in [1.807, 2.05) is 29.6 Å². The minimum Gasteiger partial charge on any atom is -0.365 e. The molecule has 4 N–H and O–H groups in total. The van der Waals surface area contributed by atoms with E-state index in [0.29, 0.717) is 18.1 Å². The van der Waals surface area contributed by atoms with Gasteiger partial charge in [0.05, 0.1) is 17.0 Å². The summed E-state index contributed by atoms with van der Waals surface area (Å²) in [4.78, 5) is 9.48. The van der Waals surface area contributed by atoms with Crippen LogP contribution in [0.4, 0.5) is 11.8 Å². The largest absolute Gasteiger partial charge is 0.365 e. The van der Waals surface area contributed by atoms with Gasteiger partial charge in [-0.1, -0.05) is 12.1 Å². The van der Waals surface area contributed by atoms with E-state index in [2.05, 4.69) is 26.8 Å². The first kappa shape index (κ1) is 13.3. The van der Waals surface area contributed by atoms with Crippen molar-refractivity contribution < 1.29 is 0 Å². The molecule has 0 saturated carbocycles. The first-order valence-electron chi connectivity index (χ1n) is 6.25. The van der Waals surface area contributed by atoms with Gasteiger partial charge in [0.25, 0.3) is 0 Å². The first-order chi connectivity index (χ1) is 10.3. The molecule has 0 aliphatic rings. The molecule has 0 saturated heterocycles. The van der Waals surface area contributed by atoms with E-state index in [1.54, 1.807) is 6.07 Å². The highest BCUT2D eigenvalue weighted by atomic mass is 32.1. The van der Waals surface area contributed by atoms with E-state index in [4.69, 9.17) is 11.1 Å².